The number of methoxy groups -OCH3 is 2. The number of aliphatic hydroxyl groups excluding tert-OH is 1. The lowest BCUT2D eigenvalue weighted by Gasteiger charge is -2.15. The topological polar surface area (TPSA) is 56.5 Å². The Balaban J connectivity index is 2.31. The zero-order valence-electron chi connectivity index (χ0n) is 11.4. The molecule has 20 heavy (non-hydrogen) atoms. The van der Waals surface area contributed by atoms with Crippen LogP contribution in [0, 0.1) is 0 Å². The Morgan fingerprint density at radius 2 is 2.20 bits per heavy atom. The molecule has 0 bridgehead atoms. The summed E-state index contributed by atoms with van der Waals surface area (Å²) in [5, 5.41) is 15.1. The van der Waals surface area contributed by atoms with Crippen molar-refractivity contribution in [2.75, 3.05) is 20.8 Å². The molecule has 2 rings (SSSR count). The van der Waals surface area contributed by atoms with E-state index in [2.05, 4.69) is 5.10 Å². The first-order valence-electron chi connectivity index (χ1n) is 6.19. The third kappa shape index (κ3) is 3.12. The van der Waals surface area contributed by atoms with Crippen LogP contribution < -0.4 is 4.74 Å². The van der Waals surface area contributed by atoms with Gasteiger partial charge in [0, 0.05) is 7.11 Å². The van der Waals surface area contributed by atoms with E-state index in [1.54, 1.807) is 25.0 Å². The summed E-state index contributed by atoms with van der Waals surface area (Å²) in [6.45, 7) is 1.02. The number of aliphatic hydroxyl groups is 1. The smallest absolute Gasteiger partial charge is 0.122 e. The van der Waals surface area contributed by atoms with Crippen molar-refractivity contribution < 1.29 is 14.6 Å². The van der Waals surface area contributed by atoms with Crippen molar-refractivity contribution >= 4 is 11.6 Å². The molecule has 0 radical (unpaired) electrons. The second-order valence-electron chi connectivity index (χ2n) is 4.27. The molecule has 0 spiro atoms. The minimum absolute atomic E-state index is 0.427. The van der Waals surface area contributed by atoms with Crippen LogP contribution in [0.5, 0.6) is 5.75 Å². The van der Waals surface area contributed by atoms with Crippen LogP contribution in [-0.4, -0.2) is 35.7 Å². The van der Waals surface area contributed by atoms with Crippen LogP contribution in [0.15, 0.2) is 30.5 Å². The van der Waals surface area contributed by atoms with E-state index in [4.69, 9.17) is 21.1 Å². The molecule has 0 aliphatic heterocycles. The number of hydrogen-bond donors (Lipinski definition) is 1. The summed E-state index contributed by atoms with van der Waals surface area (Å²) in [7, 11) is 3.20. The first-order valence-corrected chi connectivity index (χ1v) is 6.57. The van der Waals surface area contributed by atoms with Crippen molar-refractivity contribution in [1.82, 2.24) is 9.78 Å². The van der Waals surface area contributed by atoms with Gasteiger partial charge in [0.25, 0.3) is 0 Å². The lowest BCUT2D eigenvalue weighted by molar-refractivity contribution is 0.171. The highest BCUT2D eigenvalue weighted by atomic mass is 35.5. The molecular formula is C14H17ClN2O3. The molecular weight excluding hydrogens is 280 g/mol. The summed E-state index contributed by atoms with van der Waals surface area (Å²) < 4.78 is 11.8. The molecule has 1 N–H and O–H groups in total. The highest BCUT2D eigenvalue weighted by Crippen LogP contribution is 2.29. The Labute approximate surface area is 122 Å². The van der Waals surface area contributed by atoms with Crippen LogP contribution in [0.4, 0.5) is 0 Å². The fourth-order valence-corrected chi connectivity index (χ4v) is 2.21. The van der Waals surface area contributed by atoms with Gasteiger partial charge in [-0.2, -0.15) is 5.10 Å². The normalized spacial score (nSPS) is 12.4. The number of hydrogen-bond acceptors (Lipinski definition) is 4. The predicted octanol–water partition coefficient (Wildman–Crippen LogP) is 2.27. The SMILES string of the molecule is COCCn1ncc(Cl)c1C(O)c1cccc(OC)c1. The summed E-state index contributed by atoms with van der Waals surface area (Å²) in [6.07, 6.45) is 0.660. The van der Waals surface area contributed by atoms with Crippen molar-refractivity contribution in [1.29, 1.82) is 0 Å². The van der Waals surface area contributed by atoms with Gasteiger partial charge in [-0.3, -0.25) is 4.68 Å². The maximum absolute atomic E-state index is 10.5. The van der Waals surface area contributed by atoms with Crippen LogP contribution in [0.25, 0.3) is 0 Å². The minimum Gasteiger partial charge on any atom is -0.497 e. The maximum Gasteiger partial charge on any atom is 0.122 e. The average molecular weight is 297 g/mol. The maximum atomic E-state index is 10.5. The Bertz CT molecular complexity index is 571. The van der Waals surface area contributed by atoms with Crippen molar-refractivity contribution in [3.63, 3.8) is 0 Å². The van der Waals surface area contributed by atoms with Crippen LogP contribution >= 0.6 is 11.6 Å². The van der Waals surface area contributed by atoms with Gasteiger partial charge in [-0.1, -0.05) is 23.7 Å². The summed E-state index contributed by atoms with van der Waals surface area (Å²) >= 11 is 6.13. The van der Waals surface area contributed by atoms with Crippen molar-refractivity contribution in [2.45, 2.75) is 12.6 Å². The molecule has 1 heterocycles. The van der Waals surface area contributed by atoms with Crippen molar-refractivity contribution in [3.8, 4) is 5.75 Å². The van der Waals surface area contributed by atoms with Crippen molar-refractivity contribution in [3.05, 3.63) is 46.7 Å². The van der Waals surface area contributed by atoms with Crippen LogP contribution in [0.1, 0.15) is 17.4 Å². The van der Waals surface area contributed by atoms with Gasteiger partial charge in [0.1, 0.15) is 11.9 Å². The van der Waals surface area contributed by atoms with Crippen molar-refractivity contribution in [2.24, 2.45) is 0 Å². The molecule has 0 fully saturated rings. The molecule has 1 aromatic carbocycles. The fraction of sp³-hybridized carbons (Fsp3) is 0.357. The van der Waals surface area contributed by atoms with Gasteiger partial charge in [-0.25, -0.2) is 0 Å². The zero-order valence-corrected chi connectivity index (χ0v) is 12.2. The van der Waals surface area contributed by atoms with E-state index in [1.807, 2.05) is 18.2 Å². The molecule has 1 unspecified atom stereocenters. The lowest BCUT2D eigenvalue weighted by atomic mass is 10.1. The molecule has 1 aromatic heterocycles. The quantitative estimate of drug-likeness (QED) is 0.888. The van der Waals surface area contributed by atoms with E-state index in [1.165, 1.54) is 6.20 Å². The third-order valence-corrected chi connectivity index (χ3v) is 3.30. The Kier molecular flexibility index (Phi) is 5.00. The average Bonchev–Trinajstić information content (AvgIpc) is 2.85. The predicted molar refractivity (Wildman–Crippen MR) is 76.2 cm³/mol. The minimum atomic E-state index is -0.864. The highest BCUT2D eigenvalue weighted by molar-refractivity contribution is 6.31. The van der Waals surface area contributed by atoms with E-state index in [0.29, 0.717) is 35.2 Å². The molecule has 1 atom stereocenters. The van der Waals surface area contributed by atoms with E-state index in [0.717, 1.165) is 0 Å². The van der Waals surface area contributed by atoms with Gasteiger partial charge in [-0.05, 0) is 17.7 Å². The number of ether oxygens (including phenoxy) is 2. The Morgan fingerprint density at radius 1 is 1.40 bits per heavy atom. The van der Waals surface area contributed by atoms with Gasteiger partial charge in [0.05, 0.1) is 37.2 Å². The van der Waals surface area contributed by atoms with E-state index < -0.39 is 6.10 Å². The molecule has 0 aliphatic carbocycles. The lowest BCUT2D eigenvalue weighted by Crippen LogP contribution is -2.13. The molecule has 5 nitrogen and oxygen atoms in total. The number of rotatable bonds is 6. The second-order valence-corrected chi connectivity index (χ2v) is 4.68. The van der Waals surface area contributed by atoms with Crippen LogP contribution in [0.3, 0.4) is 0 Å². The summed E-state index contributed by atoms with van der Waals surface area (Å²) in [5.41, 5.74) is 1.25. The highest BCUT2D eigenvalue weighted by Gasteiger charge is 2.20. The molecule has 2 aromatic rings. The van der Waals surface area contributed by atoms with Crippen LogP contribution in [0.2, 0.25) is 5.02 Å². The number of nitrogens with zero attached hydrogens (tertiary/aromatic N) is 2. The third-order valence-electron chi connectivity index (χ3n) is 3.01. The van der Waals surface area contributed by atoms with Crippen LogP contribution in [-0.2, 0) is 11.3 Å². The number of halogens is 1. The second kappa shape index (κ2) is 6.74. The fourth-order valence-electron chi connectivity index (χ4n) is 1.97. The van der Waals surface area contributed by atoms with Gasteiger partial charge in [-0.15, -0.1) is 0 Å². The number of aromatic nitrogens is 2. The standard InChI is InChI=1S/C14H17ClN2O3/c1-19-7-6-17-13(12(15)9-16-17)14(18)10-4-3-5-11(8-10)20-2/h3-5,8-9,14,18H,6-7H2,1-2H3. The van der Waals surface area contributed by atoms with E-state index in [-0.39, 0.29) is 0 Å². The number of benzene rings is 1. The summed E-state index contributed by atoms with van der Waals surface area (Å²) in [4.78, 5) is 0. The largest absolute Gasteiger partial charge is 0.497 e. The first kappa shape index (κ1) is 14.8. The molecule has 108 valence electrons. The van der Waals surface area contributed by atoms with E-state index >= 15 is 0 Å². The summed E-state index contributed by atoms with van der Waals surface area (Å²) in [6, 6.07) is 7.23. The van der Waals surface area contributed by atoms with Gasteiger partial charge in [0.15, 0.2) is 0 Å². The zero-order chi connectivity index (χ0) is 14.5. The monoisotopic (exact) mass is 296 g/mol. The molecule has 0 aliphatic rings. The van der Waals surface area contributed by atoms with Gasteiger partial charge >= 0.3 is 0 Å². The van der Waals surface area contributed by atoms with E-state index in [9.17, 15) is 5.11 Å². The Hall–Kier alpha value is -1.56. The van der Waals surface area contributed by atoms with Gasteiger partial charge < -0.3 is 14.6 Å². The summed E-state index contributed by atoms with van der Waals surface area (Å²) in [5.74, 6) is 0.681. The molecule has 6 heteroatoms. The Morgan fingerprint density at radius 3 is 2.90 bits per heavy atom. The first-order chi connectivity index (χ1) is 9.67. The molecule has 0 amide bonds. The van der Waals surface area contributed by atoms with Gasteiger partial charge in [0.2, 0.25) is 0 Å². The molecule has 0 saturated carbocycles. The molecule has 0 saturated heterocycles.